The number of benzene rings is 2. The average molecular weight is 583 g/mol. The number of nitrogens with one attached hydrogen (secondary N) is 3. The van der Waals surface area contributed by atoms with Crippen LogP contribution < -0.4 is 16.0 Å². The largest absolute Gasteiger partial charge is 0.352 e. The summed E-state index contributed by atoms with van der Waals surface area (Å²) in [5, 5.41) is 11.6. The number of anilines is 1. The summed E-state index contributed by atoms with van der Waals surface area (Å²) in [6.45, 7) is 6.86. The van der Waals surface area contributed by atoms with E-state index in [4.69, 9.17) is 28.2 Å². The highest BCUT2D eigenvalue weighted by atomic mass is 35.5. The quantitative estimate of drug-likeness (QED) is 0.279. The van der Waals surface area contributed by atoms with E-state index in [1.807, 2.05) is 36.4 Å². The van der Waals surface area contributed by atoms with Gasteiger partial charge in [0.15, 0.2) is 5.96 Å². The summed E-state index contributed by atoms with van der Waals surface area (Å²) in [5.74, 6) is 4.25. The Kier molecular flexibility index (Phi) is 8.30. The van der Waals surface area contributed by atoms with Gasteiger partial charge in [0.25, 0.3) is 5.91 Å². The summed E-state index contributed by atoms with van der Waals surface area (Å²) in [4.78, 5) is 20.7. The Balaban J connectivity index is 1.13. The van der Waals surface area contributed by atoms with Gasteiger partial charge in [0.1, 0.15) is 0 Å². The van der Waals surface area contributed by atoms with Crippen LogP contribution in [0.25, 0.3) is 0 Å². The topological polar surface area (TPSA) is 68.8 Å². The standard InChI is InChI=1S/C32H41Cl2N5O/c1-19-17-39(18-20(2)36-19)32(38-30-25-12-21-11-22(14-25)15-26(30)13-21)37-28-7-4-24(5-8-28)31(40)35-10-9-23-3-6-27(33)16-29(23)34/h3-8,16,19-22,25-26,30,36H,9-15,17-18H2,1-2H3,(H,35,40)(H,37,38). The van der Waals surface area contributed by atoms with Gasteiger partial charge in [-0.05, 0) is 118 Å². The maximum Gasteiger partial charge on any atom is 0.251 e. The first kappa shape index (κ1) is 27.9. The lowest BCUT2D eigenvalue weighted by Gasteiger charge is -2.53. The average Bonchev–Trinajstić information content (AvgIpc) is 2.90. The zero-order valence-electron chi connectivity index (χ0n) is 23.5. The van der Waals surface area contributed by atoms with Gasteiger partial charge in [-0.15, -0.1) is 0 Å². The van der Waals surface area contributed by atoms with Crippen molar-refractivity contribution in [3.05, 3.63) is 63.6 Å². The molecule has 2 atom stereocenters. The van der Waals surface area contributed by atoms with Crippen molar-refractivity contribution >= 4 is 40.8 Å². The number of halogens is 2. The molecular formula is C32H41Cl2N5O. The fourth-order valence-electron chi connectivity index (χ4n) is 7.91. The van der Waals surface area contributed by atoms with Crippen molar-refractivity contribution in [2.24, 2.45) is 28.7 Å². The van der Waals surface area contributed by atoms with E-state index < -0.39 is 0 Å². The number of hydrogen-bond donors (Lipinski definition) is 3. The van der Waals surface area contributed by atoms with Crippen molar-refractivity contribution in [2.75, 3.05) is 25.0 Å². The van der Waals surface area contributed by atoms with Crippen LogP contribution in [0.2, 0.25) is 10.0 Å². The molecule has 0 aromatic heterocycles. The molecule has 4 aliphatic carbocycles. The van der Waals surface area contributed by atoms with E-state index in [-0.39, 0.29) is 5.91 Å². The first-order valence-electron chi connectivity index (χ1n) is 15.0. The molecule has 4 saturated carbocycles. The third-order valence-electron chi connectivity index (χ3n) is 9.40. The summed E-state index contributed by atoms with van der Waals surface area (Å²) in [5.41, 5.74) is 2.57. The number of carbonyl (C=O) groups excluding carboxylic acids is 1. The van der Waals surface area contributed by atoms with E-state index in [9.17, 15) is 4.79 Å². The van der Waals surface area contributed by atoms with Gasteiger partial charge in [-0.2, -0.15) is 0 Å². The molecular weight excluding hydrogens is 541 g/mol. The molecule has 0 spiro atoms. The number of aliphatic imine (C=N–C) groups is 1. The lowest BCUT2D eigenvalue weighted by atomic mass is 9.54. The Morgan fingerprint density at radius 1 is 0.950 bits per heavy atom. The van der Waals surface area contributed by atoms with E-state index >= 15 is 0 Å². The van der Waals surface area contributed by atoms with Crippen LogP contribution in [0.3, 0.4) is 0 Å². The Morgan fingerprint density at radius 3 is 2.23 bits per heavy atom. The van der Waals surface area contributed by atoms with Crippen molar-refractivity contribution in [3.63, 3.8) is 0 Å². The van der Waals surface area contributed by atoms with Crippen molar-refractivity contribution in [1.82, 2.24) is 15.5 Å². The van der Waals surface area contributed by atoms with Crippen LogP contribution >= 0.6 is 23.2 Å². The number of nitrogens with zero attached hydrogens (tertiary/aromatic N) is 2. The van der Waals surface area contributed by atoms with Crippen molar-refractivity contribution in [3.8, 4) is 0 Å². The van der Waals surface area contributed by atoms with Gasteiger partial charge in [-0.1, -0.05) is 29.3 Å². The molecule has 6 nitrogen and oxygen atoms in total. The van der Waals surface area contributed by atoms with Crippen LogP contribution in [0.1, 0.15) is 61.9 Å². The number of guanidine groups is 1. The van der Waals surface area contributed by atoms with Crippen molar-refractivity contribution < 1.29 is 4.79 Å². The summed E-state index contributed by atoms with van der Waals surface area (Å²) < 4.78 is 0. The molecule has 2 aromatic rings. The third-order valence-corrected chi connectivity index (χ3v) is 9.99. The summed E-state index contributed by atoms with van der Waals surface area (Å²) in [7, 11) is 0. The molecule has 1 amide bonds. The van der Waals surface area contributed by atoms with Crippen molar-refractivity contribution in [1.29, 1.82) is 0 Å². The Hall–Kier alpha value is -2.28. The number of carbonyl (C=O) groups is 1. The molecule has 1 aliphatic heterocycles. The minimum atomic E-state index is -0.0936. The molecule has 7 rings (SSSR count). The number of hydrogen-bond acceptors (Lipinski definition) is 3. The predicted molar refractivity (Wildman–Crippen MR) is 164 cm³/mol. The fourth-order valence-corrected chi connectivity index (χ4v) is 8.42. The van der Waals surface area contributed by atoms with E-state index in [1.165, 1.54) is 32.1 Å². The lowest BCUT2D eigenvalue weighted by Crippen LogP contribution is -2.58. The molecule has 1 heterocycles. The normalized spacial score (nSPS) is 31.4. The smallest absolute Gasteiger partial charge is 0.251 e. The minimum Gasteiger partial charge on any atom is -0.352 e. The van der Waals surface area contributed by atoms with Crippen LogP contribution in [-0.4, -0.2) is 54.5 Å². The van der Waals surface area contributed by atoms with E-state index in [2.05, 4.69) is 34.7 Å². The van der Waals surface area contributed by atoms with Gasteiger partial charge < -0.3 is 20.9 Å². The molecule has 214 valence electrons. The van der Waals surface area contributed by atoms with Crippen LogP contribution in [0.15, 0.2) is 47.5 Å². The second-order valence-electron chi connectivity index (χ2n) is 12.7. The summed E-state index contributed by atoms with van der Waals surface area (Å²) in [6, 6.07) is 14.4. The second-order valence-corrected chi connectivity index (χ2v) is 13.5. The van der Waals surface area contributed by atoms with Crippen LogP contribution in [-0.2, 0) is 6.42 Å². The third kappa shape index (κ3) is 6.29. The zero-order valence-corrected chi connectivity index (χ0v) is 25.0. The van der Waals surface area contributed by atoms with Crippen LogP contribution in [0.5, 0.6) is 0 Å². The number of amides is 1. The minimum absolute atomic E-state index is 0.0936. The van der Waals surface area contributed by atoms with Crippen LogP contribution in [0.4, 0.5) is 5.69 Å². The van der Waals surface area contributed by atoms with Gasteiger partial charge in [-0.25, -0.2) is 4.99 Å². The Morgan fingerprint density at radius 2 is 1.60 bits per heavy atom. The molecule has 8 heteroatoms. The lowest BCUT2D eigenvalue weighted by molar-refractivity contribution is 0.000786. The highest BCUT2D eigenvalue weighted by Crippen LogP contribution is 2.54. The fraction of sp³-hybridized carbons (Fsp3) is 0.562. The Bertz CT molecular complexity index is 1210. The first-order chi connectivity index (χ1) is 19.3. The van der Waals surface area contributed by atoms with E-state index in [0.717, 1.165) is 54.0 Å². The summed E-state index contributed by atoms with van der Waals surface area (Å²) >= 11 is 12.3. The molecule has 40 heavy (non-hydrogen) atoms. The highest BCUT2D eigenvalue weighted by Gasteiger charge is 2.48. The van der Waals surface area contributed by atoms with Gasteiger partial charge in [0.05, 0.1) is 6.04 Å². The van der Waals surface area contributed by atoms with Crippen LogP contribution in [0, 0.1) is 23.7 Å². The molecule has 1 saturated heterocycles. The first-order valence-corrected chi connectivity index (χ1v) is 15.7. The molecule has 5 aliphatic rings. The number of rotatable bonds is 6. The maximum atomic E-state index is 12.8. The van der Waals surface area contributed by atoms with Gasteiger partial charge >= 0.3 is 0 Å². The molecule has 3 N–H and O–H groups in total. The molecule has 2 aromatic carbocycles. The SMILES string of the molecule is CC1CN(C(=NC2C3CC4CC(C3)CC2C4)Nc2ccc(C(=O)NCCc3ccc(Cl)cc3Cl)cc2)CC(C)N1. The summed E-state index contributed by atoms with van der Waals surface area (Å²) in [6.07, 6.45) is 7.53. The predicted octanol–water partition coefficient (Wildman–Crippen LogP) is 6.24. The van der Waals surface area contributed by atoms with Gasteiger partial charge in [-0.3, -0.25) is 4.79 Å². The van der Waals surface area contributed by atoms with Crippen molar-refractivity contribution in [2.45, 2.75) is 70.5 Å². The van der Waals surface area contributed by atoms with E-state index in [1.54, 1.807) is 6.07 Å². The molecule has 0 radical (unpaired) electrons. The van der Waals surface area contributed by atoms with Gasteiger partial charge in [0.2, 0.25) is 0 Å². The van der Waals surface area contributed by atoms with E-state index in [0.29, 0.717) is 46.7 Å². The highest BCUT2D eigenvalue weighted by molar-refractivity contribution is 6.35. The molecule has 5 fully saturated rings. The Labute approximate surface area is 248 Å². The van der Waals surface area contributed by atoms with Gasteiger partial charge in [0, 0.05) is 53.0 Å². The zero-order chi connectivity index (χ0) is 27.8. The number of piperazine rings is 1. The molecule has 4 bridgehead atoms. The molecule has 2 unspecified atom stereocenters. The maximum absolute atomic E-state index is 12.8. The second kappa shape index (κ2) is 11.9. The monoisotopic (exact) mass is 581 g/mol.